The molecule has 1 atom stereocenters. The lowest BCUT2D eigenvalue weighted by Crippen LogP contribution is -2.18. The summed E-state index contributed by atoms with van der Waals surface area (Å²) in [4.78, 5) is 0. The summed E-state index contributed by atoms with van der Waals surface area (Å²) >= 11 is 0. The van der Waals surface area contributed by atoms with Crippen molar-refractivity contribution < 1.29 is 9.13 Å². The molecule has 88 valence electrons. The second-order valence-corrected chi connectivity index (χ2v) is 4.18. The van der Waals surface area contributed by atoms with Crippen LogP contribution >= 0.6 is 0 Å². The van der Waals surface area contributed by atoms with Crippen molar-refractivity contribution in [2.75, 3.05) is 6.61 Å². The Morgan fingerprint density at radius 1 is 1.56 bits per heavy atom. The fraction of sp³-hybridized carbons (Fsp3) is 0.385. The Bertz CT molecular complexity index is 374. The predicted octanol–water partition coefficient (Wildman–Crippen LogP) is 2.67. The standard InChI is InChI=1S/C13H18FNO/c1-9(2)8-16-13-5-4-12(14)7-11(13)6-10(3)15/h4-5,7,10H,1,6,8,15H2,2-3H3. The summed E-state index contributed by atoms with van der Waals surface area (Å²) in [6, 6.07) is 4.47. The SMILES string of the molecule is C=C(C)COc1ccc(F)cc1CC(C)N. The number of halogens is 1. The quantitative estimate of drug-likeness (QED) is 0.779. The molecule has 1 aromatic rings. The zero-order chi connectivity index (χ0) is 12.1. The third-order valence-corrected chi connectivity index (χ3v) is 2.04. The van der Waals surface area contributed by atoms with E-state index < -0.39 is 0 Å². The summed E-state index contributed by atoms with van der Waals surface area (Å²) in [6.45, 7) is 7.96. The van der Waals surface area contributed by atoms with Crippen LogP contribution in [0, 0.1) is 5.82 Å². The Labute approximate surface area is 95.9 Å². The summed E-state index contributed by atoms with van der Waals surface area (Å²) in [5, 5.41) is 0. The topological polar surface area (TPSA) is 35.2 Å². The van der Waals surface area contributed by atoms with Gasteiger partial charge in [-0.25, -0.2) is 4.39 Å². The molecule has 1 aromatic carbocycles. The van der Waals surface area contributed by atoms with Crippen LogP contribution in [-0.4, -0.2) is 12.6 Å². The highest BCUT2D eigenvalue weighted by Crippen LogP contribution is 2.21. The lowest BCUT2D eigenvalue weighted by atomic mass is 10.1. The summed E-state index contributed by atoms with van der Waals surface area (Å²) < 4.78 is 18.6. The zero-order valence-corrected chi connectivity index (χ0v) is 9.79. The summed E-state index contributed by atoms with van der Waals surface area (Å²) in [7, 11) is 0. The summed E-state index contributed by atoms with van der Waals surface area (Å²) in [6.07, 6.45) is 0.600. The van der Waals surface area contributed by atoms with Gasteiger partial charge >= 0.3 is 0 Å². The first-order valence-electron chi connectivity index (χ1n) is 5.30. The molecule has 0 saturated heterocycles. The second-order valence-electron chi connectivity index (χ2n) is 4.18. The first-order valence-corrected chi connectivity index (χ1v) is 5.30. The van der Waals surface area contributed by atoms with Gasteiger partial charge < -0.3 is 10.5 Å². The second kappa shape index (κ2) is 5.66. The van der Waals surface area contributed by atoms with Crippen LogP contribution in [0.15, 0.2) is 30.4 Å². The van der Waals surface area contributed by atoms with E-state index in [1.807, 2.05) is 13.8 Å². The van der Waals surface area contributed by atoms with Crippen molar-refractivity contribution >= 4 is 0 Å². The van der Waals surface area contributed by atoms with E-state index in [0.717, 1.165) is 11.1 Å². The van der Waals surface area contributed by atoms with E-state index >= 15 is 0 Å². The molecule has 1 rings (SSSR count). The van der Waals surface area contributed by atoms with Crippen molar-refractivity contribution in [1.29, 1.82) is 0 Å². The molecule has 2 N–H and O–H groups in total. The maximum Gasteiger partial charge on any atom is 0.123 e. The Balaban J connectivity index is 2.84. The van der Waals surface area contributed by atoms with E-state index in [9.17, 15) is 4.39 Å². The molecule has 0 aromatic heterocycles. The van der Waals surface area contributed by atoms with Gasteiger partial charge in [0.15, 0.2) is 0 Å². The van der Waals surface area contributed by atoms with Gasteiger partial charge in [0.05, 0.1) is 0 Å². The molecule has 2 nitrogen and oxygen atoms in total. The fourth-order valence-electron chi connectivity index (χ4n) is 1.40. The Morgan fingerprint density at radius 2 is 2.25 bits per heavy atom. The molecule has 3 heteroatoms. The van der Waals surface area contributed by atoms with E-state index in [-0.39, 0.29) is 11.9 Å². The molecule has 0 aliphatic heterocycles. The fourth-order valence-corrected chi connectivity index (χ4v) is 1.40. The molecule has 0 amide bonds. The van der Waals surface area contributed by atoms with Crippen LogP contribution in [0.5, 0.6) is 5.75 Å². The normalized spacial score (nSPS) is 12.2. The molecule has 0 saturated carbocycles. The Hall–Kier alpha value is -1.35. The minimum Gasteiger partial charge on any atom is -0.489 e. The van der Waals surface area contributed by atoms with Crippen LogP contribution in [0.25, 0.3) is 0 Å². The minimum absolute atomic E-state index is 0.0195. The summed E-state index contributed by atoms with van der Waals surface area (Å²) in [5.41, 5.74) is 7.43. The highest BCUT2D eigenvalue weighted by Gasteiger charge is 2.07. The van der Waals surface area contributed by atoms with E-state index in [1.54, 1.807) is 6.07 Å². The number of rotatable bonds is 5. The van der Waals surface area contributed by atoms with Crippen molar-refractivity contribution in [1.82, 2.24) is 0 Å². The highest BCUT2D eigenvalue weighted by molar-refractivity contribution is 5.34. The molecule has 16 heavy (non-hydrogen) atoms. The third kappa shape index (κ3) is 4.03. The van der Waals surface area contributed by atoms with E-state index in [0.29, 0.717) is 18.8 Å². The number of ether oxygens (including phenoxy) is 1. The van der Waals surface area contributed by atoms with Crippen LogP contribution in [0.2, 0.25) is 0 Å². The average molecular weight is 223 g/mol. The van der Waals surface area contributed by atoms with E-state index in [1.165, 1.54) is 12.1 Å². The van der Waals surface area contributed by atoms with Crippen LogP contribution < -0.4 is 10.5 Å². The molecule has 0 aliphatic carbocycles. The molecule has 0 heterocycles. The van der Waals surface area contributed by atoms with Crippen molar-refractivity contribution in [3.63, 3.8) is 0 Å². The van der Waals surface area contributed by atoms with Crippen molar-refractivity contribution in [3.05, 3.63) is 41.7 Å². The van der Waals surface area contributed by atoms with Crippen LogP contribution in [0.4, 0.5) is 4.39 Å². The van der Waals surface area contributed by atoms with Crippen LogP contribution in [0.1, 0.15) is 19.4 Å². The molecular weight excluding hydrogens is 205 g/mol. The molecule has 1 unspecified atom stereocenters. The number of benzene rings is 1. The molecule has 0 aliphatic rings. The lowest BCUT2D eigenvalue weighted by molar-refractivity contribution is 0.347. The van der Waals surface area contributed by atoms with Gasteiger partial charge in [-0.2, -0.15) is 0 Å². The van der Waals surface area contributed by atoms with Gasteiger partial charge in [0.1, 0.15) is 18.2 Å². The van der Waals surface area contributed by atoms with Gasteiger partial charge in [-0.15, -0.1) is 0 Å². The van der Waals surface area contributed by atoms with Gasteiger partial charge in [0.2, 0.25) is 0 Å². The van der Waals surface area contributed by atoms with Crippen LogP contribution in [-0.2, 0) is 6.42 Å². The molecule has 0 fully saturated rings. The maximum absolute atomic E-state index is 13.1. The minimum atomic E-state index is -0.265. The molecule has 0 spiro atoms. The van der Waals surface area contributed by atoms with Crippen molar-refractivity contribution in [2.45, 2.75) is 26.3 Å². The third-order valence-electron chi connectivity index (χ3n) is 2.04. The van der Waals surface area contributed by atoms with Gasteiger partial charge in [-0.3, -0.25) is 0 Å². The maximum atomic E-state index is 13.1. The largest absolute Gasteiger partial charge is 0.489 e. The monoisotopic (exact) mass is 223 g/mol. The zero-order valence-electron chi connectivity index (χ0n) is 9.79. The summed E-state index contributed by atoms with van der Waals surface area (Å²) in [5.74, 6) is 0.417. The highest BCUT2D eigenvalue weighted by atomic mass is 19.1. The lowest BCUT2D eigenvalue weighted by Gasteiger charge is -2.13. The van der Waals surface area contributed by atoms with Crippen molar-refractivity contribution in [3.8, 4) is 5.75 Å². The van der Waals surface area contributed by atoms with Crippen LogP contribution in [0.3, 0.4) is 0 Å². The van der Waals surface area contributed by atoms with E-state index in [4.69, 9.17) is 10.5 Å². The Kier molecular flexibility index (Phi) is 4.50. The Morgan fingerprint density at radius 3 is 2.81 bits per heavy atom. The van der Waals surface area contributed by atoms with Gasteiger partial charge in [-0.1, -0.05) is 6.58 Å². The molecular formula is C13H18FNO. The first kappa shape index (κ1) is 12.7. The number of nitrogens with two attached hydrogens (primary N) is 1. The first-order chi connectivity index (χ1) is 7.49. The van der Waals surface area contributed by atoms with Crippen molar-refractivity contribution in [2.24, 2.45) is 5.73 Å². The van der Waals surface area contributed by atoms with E-state index in [2.05, 4.69) is 6.58 Å². The predicted molar refractivity (Wildman–Crippen MR) is 64.1 cm³/mol. The van der Waals surface area contributed by atoms with Gasteiger partial charge in [0.25, 0.3) is 0 Å². The van der Waals surface area contributed by atoms with Gasteiger partial charge in [0, 0.05) is 6.04 Å². The van der Waals surface area contributed by atoms with Gasteiger partial charge in [-0.05, 0) is 49.6 Å². The smallest absolute Gasteiger partial charge is 0.123 e. The molecule has 0 radical (unpaired) electrons. The number of hydrogen-bond donors (Lipinski definition) is 1. The average Bonchev–Trinajstić information content (AvgIpc) is 2.15. The molecule has 0 bridgehead atoms. The number of hydrogen-bond acceptors (Lipinski definition) is 2.